The van der Waals surface area contributed by atoms with Crippen molar-refractivity contribution in [2.24, 2.45) is 5.73 Å². The van der Waals surface area contributed by atoms with Gasteiger partial charge in [-0.15, -0.1) is 11.3 Å². The lowest BCUT2D eigenvalue weighted by Crippen LogP contribution is -2.29. The zero-order chi connectivity index (χ0) is 14.7. The average Bonchev–Trinajstić information content (AvgIpc) is 2.73. The molecule has 20 heavy (non-hydrogen) atoms. The first kappa shape index (κ1) is 16.0. The average molecular weight is 374 g/mol. The van der Waals surface area contributed by atoms with Crippen LogP contribution in [0.3, 0.4) is 0 Å². The van der Waals surface area contributed by atoms with E-state index in [-0.39, 0.29) is 6.04 Å². The number of halogens is 2. The van der Waals surface area contributed by atoms with Crippen molar-refractivity contribution in [3.05, 3.63) is 55.1 Å². The third-order valence-corrected chi connectivity index (χ3v) is 6.00. The number of nitrogens with zero attached hydrogens (tertiary/aromatic N) is 1. The summed E-state index contributed by atoms with van der Waals surface area (Å²) in [5.41, 5.74) is 8.60. The van der Waals surface area contributed by atoms with Crippen molar-refractivity contribution >= 4 is 38.9 Å². The van der Waals surface area contributed by atoms with Gasteiger partial charge in [0.05, 0.1) is 6.04 Å². The van der Waals surface area contributed by atoms with Crippen molar-refractivity contribution < 1.29 is 0 Å². The van der Waals surface area contributed by atoms with Crippen LogP contribution < -0.4 is 5.73 Å². The highest BCUT2D eigenvalue weighted by molar-refractivity contribution is 9.10. The van der Waals surface area contributed by atoms with E-state index in [2.05, 4.69) is 65.1 Å². The number of aryl methyl sites for hydroxylation is 1. The minimum atomic E-state index is 0.184. The highest BCUT2D eigenvalue weighted by Crippen LogP contribution is 2.36. The lowest BCUT2D eigenvalue weighted by atomic mass is 10.1. The first-order chi connectivity index (χ1) is 9.52. The predicted molar refractivity (Wildman–Crippen MR) is 91.5 cm³/mol. The molecule has 1 heterocycles. The minimum Gasteiger partial charge on any atom is -0.329 e. The van der Waals surface area contributed by atoms with Gasteiger partial charge in [0.2, 0.25) is 0 Å². The second kappa shape index (κ2) is 7.05. The summed E-state index contributed by atoms with van der Waals surface area (Å²) < 4.78 is 1.73. The van der Waals surface area contributed by atoms with Gasteiger partial charge in [0.1, 0.15) is 4.34 Å². The van der Waals surface area contributed by atoms with E-state index in [0.717, 1.165) is 15.4 Å². The maximum Gasteiger partial charge on any atom is 0.107 e. The van der Waals surface area contributed by atoms with Crippen LogP contribution in [0.25, 0.3) is 0 Å². The Labute approximate surface area is 137 Å². The fourth-order valence-electron chi connectivity index (χ4n) is 2.21. The van der Waals surface area contributed by atoms with Gasteiger partial charge in [-0.05, 0) is 47.1 Å². The highest BCUT2D eigenvalue weighted by atomic mass is 79.9. The number of hydrogen-bond acceptors (Lipinski definition) is 3. The number of hydrogen-bond donors (Lipinski definition) is 1. The van der Waals surface area contributed by atoms with Gasteiger partial charge in [0.15, 0.2) is 0 Å². The van der Waals surface area contributed by atoms with Crippen molar-refractivity contribution in [1.82, 2.24) is 4.90 Å². The molecule has 1 aromatic carbocycles. The van der Waals surface area contributed by atoms with Crippen LogP contribution >= 0.6 is 38.9 Å². The fraction of sp³-hybridized carbons (Fsp3) is 0.333. The molecule has 2 aromatic rings. The van der Waals surface area contributed by atoms with Gasteiger partial charge in [0, 0.05) is 22.4 Å². The van der Waals surface area contributed by atoms with Crippen LogP contribution in [0.1, 0.15) is 22.0 Å². The fourth-order valence-corrected chi connectivity index (χ4v) is 4.12. The molecule has 5 heteroatoms. The monoisotopic (exact) mass is 372 g/mol. The lowest BCUT2D eigenvalue weighted by Gasteiger charge is -2.26. The van der Waals surface area contributed by atoms with Crippen LogP contribution in [0.15, 0.2) is 34.8 Å². The van der Waals surface area contributed by atoms with Gasteiger partial charge in [-0.3, -0.25) is 4.90 Å². The van der Waals surface area contributed by atoms with Crippen LogP contribution in [0.5, 0.6) is 0 Å². The van der Waals surface area contributed by atoms with Crippen LogP contribution in [-0.4, -0.2) is 18.5 Å². The van der Waals surface area contributed by atoms with Crippen LogP contribution in [0.4, 0.5) is 0 Å². The second-order valence-corrected chi connectivity index (χ2v) is 7.40. The van der Waals surface area contributed by atoms with Crippen molar-refractivity contribution in [2.45, 2.75) is 19.5 Å². The summed E-state index contributed by atoms with van der Waals surface area (Å²) in [5, 5.41) is 0. The molecule has 2 rings (SSSR count). The summed E-state index contributed by atoms with van der Waals surface area (Å²) in [6.07, 6.45) is 0. The molecule has 108 valence electrons. The summed E-state index contributed by atoms with van der Waals surface area (Å²) in [6.45, 7) is 3.59. The first-order valence-corrected chi connectivity index (χ1v) is 8.41. The Bertz CT molecular complexity index is 566. The Hall–Kier alpha value is -0.390. The Morgan fingerprint density at radius 3 is 2.65 bits per heavy atom. The van der Waals surface area contributed by atoms with Crippen LogP contribution in [0, 0.1) is 6.92 Å². The van der Waals surface area contributed by atoms with Gasteiger partial charge in [0.25, 0.3) is 0 Å². The first-order valence-electron chi connectivity index (χ1n) is 6.42. The van der Waals surface area contributed by atoms with E-state index in [1.165, 1.54) is 16.0 Å². The van der Waals surface area contributed by atoms with Gasteiger partial charge < -0.3 is 5.73 Å². The minimum absolute atomic E-state index is 0.184. The zero-order valence-electron chi connectivity index (χ0n) is 11.6. The second-order valence-electron chi connectivity index (χ2n) is 4.86. The van der Waals surface area contributed by atoms with E-state index in [1.54, 1.807) is 11.3 Å². The molecule has 0 bridgehead atoms. The Kier molecular flexibility index (Phi) is 5.64. The number of likely N-dealkylation sites (N-methyl/N-ethyl adjacent to an activating group) is 1. The number of benzene rings is 1. The van der Waals surface area contributed by atoms with Gasteiger partial charge in [-0.25, -0.2) is 0 Å². The maximum atomic E-state index is 6.13. The van der Waals surface area contributed by atoms with Crippen LogP contribution in [0.2, 0.25) is 4.34 Å². The van der Waals surface area contributed by atoms with E-state index < -0.39 is 0 Å². The third kappa shape index (κ3) is 3.62. The molecule has 2 N–H and O–H groups in total. The molecule has 1 atom stereocenters. The molecule has 1 aromatic heterocycles. The van der Waals surface area contributed by atoms with E-state index in [4.69, 9.17) is 17.3 Å². The van der Waals surface area contributed by atoms with Crippen molar-refractivity contribution in [1.29, 1.82) is 0 Å². The quantitative estimate of drug-likeness (QED) is 0.829. The Balaban J connectivity index is 2.17. The molecule has 0 aliphatic carbocycles. The molecule has 0 aliphatic rings. The molecule has 0 saturated carbocycles. The van der Waals surface area contributed by atoms with Gasteiger partial charge in [-0.1, -0.05) is 35.9 Å². The Morgan fingerprint density at radius 1 is 1.40 bits per heavy atom. The number of rotatable bonds is 5. The van der Waals surface area contributed by atoms with E-state index in [1.807, 2.05) is 0 Å². The molecule has 2 nitrogen and oxygen atoms in total. The molecule has 0 fully saturated rings. The summed E-state index contributed by atoms with van der Waals surface area (Å²) >= 11 is 11.2. The molecule has 0 aliphatic heterocycles. The van der Waals surface area contributed by atoms with E-state index >= 15 is 0 Å². The molecular weight excluding hydrogens is 356 g/mol. The Morgan fingerprint density at radius 2 is 2.10 bits per heavy atom. The molecule has 0 radical (unpaired) electrons. The lowest BCUT2D eigenvalue weighted by molar-refractivity contribution is 0.244. The summed E-state index contributed by atoms with van der Waals surface area (Å²) in [4.78, 5) is 3.47. The molecular formula is C15H18BrClN2S. The largest absolute Gasteiger partial charge is 0.329 e. The van der Waals surface area contributed by atoms with Crippen LogP contribution in [-0.2, 0) is 6.54 Å². The van der Waals surface area contributed by atoms with E-state index in [9.17, 15) is 0 Å². The van der Waals surface area contributed by atoms with Crippen molar-refractivity contribution in [3.63, 3.8) is 0 Å². The summed E-state index contributed by atoms with van der Waals surface area (Å²) in [5.74, 6) is 0. The summed E-state index contributed by atoms with van der Waals surface area (Å²) in [7, 11) is 2.10. The van der Waals surface area contributed by atoms with Crippen molar-refractivity contribution in [3.8, 4) is 0 Å². The SMILES string of the molecule is Cc1ccccc1CN(C)C(CN)c1cc(Br)c(Cl)s1. The zero-order valence-corrected chi connectivity index (χ0v) is 14.7. The van der Waals surface area contributed by atoms with Crippen molar-refractivity contribution in [2.75, 3.05) is 13.6 Å². The van der Waals surface area contributed by atoms with E-state index in [0.29, 0.717) is 6.54 Å². The smallest absolute Gasteiger partial charge is 0.107 e. The highest BCUT2D eigenvalue weighted by Gasteiger charge is 2.19. The standard InChI is InChI=1S/C15H18BrClN2S/c1-10-5-3-4-6-11(10)9-19(2)13(8-18)14-7-12(16)15(17)20-14/h3-7,13H,8-9,18H2,1-2H3. The molecule has 0 saturated heterocycles. The third-order valence-electron chi connectivity index (χ3n) is 3.43. The van der Waals surface area contributed by atoms with Gasteiger partial charge >= 0.3 is 0 Å². The summed E-state index contributed by atoms with van der Waals surface area (Å²) in [6, 6.07) is 10.7. The maximum absolute atomic E-state index is 6.13. The predicted octanol–water partition coefficient (Wildman–Crippen LogP) is 4.60. The molecule has 1 unspecified atom stereocenters. The van der Waals surface area contributed by atoms with Gasteiger partial charge in [-0.2, -0.15) is 0 Å². The molecule has 0 amide bonds. The number of thiophene rings is 1. The molecule has 0 spiro atoms. The topological polar surface area (TPSA) is 29.3 Å². The normalized spacial score (nSPS) is 12.9. The number of nitrogens with two attached hydrogens (primary N) is 1.